The van der Waals surface area contributed by atoms with Crippen LogP contribution >= 0.6 is 7.26 Å². The fourth-order valence-electron chi connectivity index (χ4n) is 5.60. The molecule has 1 saturated heterocycles. The Morgan fingerprint density at radius 2 is 1.38 bits per heavy atom. The van der Waals surface area contributed by atoms with Gasteiger partial charge in [0, 0.05) is 0 Å². The van der Waals surface area contributed by atoms with Crippen molar-refractivity contribution in [2.75, 3.05) is 39.5 Å². The first-order valence-electron chi connectivity index (χ1n) is 13.1. The Labute approximate surface area is 221 Å². The first-order chi connectivity index (χ1) is 18.0. The van der Waals surface area contributed by atoms with Crippen molar-refractivity contribution in [3.8, 4) is 0 Å². The van der Waals surface area contributed by atoms with Crippen LogP contribution in [0.25, 0.3) is 0 Å². The van der Waals surface area contributed by atoms with Gasteiger partial charge in [0.05, 0.1) is 0 Å². The monoisotopic (exact) mass is 518 g/mol. The van der Waals surface area contributed by atoms with Crippen LogP contribution in [-0.2, 0) is 9.53 Å². The van der Waals surface area contributed by atoms with Crippen molar-refractivity contribution in [1.29, 1.82) is 5.41 Å². The third-order valence-electron chi connectivity index (χ3n) is 7.70. The molecule has 1 fully saturated rings. The molecule has 4 N–H and O–H groups in total. The summed E-state index contributed by atoms with van der Waals surface area (Å²) in [5.41, 5.74) is 5.11. The van der Waals surface area contributed by atoms with Gasteiger partial charge in [0.25, 0.3) is 0 Å². The van der Waals surface area contributed by atoms with E-state index < -0.39 is 12.7 Å². The molecular weight excluding hydrogens is 479 g/mol. The number of hydrogen-bond acceptors (Lipinski definition) is 3. The van der Waals surface area contributed by atoms with Gasteiger partial charge in [-0.2, -0.15) is 0 Å². The van der Waals surface area contributed by atoms with Crippen molar-refractivity contribution in [2.45, 2.75) is 19.3 Å². The standard InChI is InChI=1S/C30H39N4O2P/c1-34(29(31)32)24-30(18-21-36-22-19-30)28(35)33-20-11-23-37(25-12-5-2-6-13-25,26-14-7-3-8-15-26)27-16-9-4-10-17-27/h2-10,12-17,37H,11,18-24H2,1H3,(H3,31,32)(H,33,35). The predicted octanol–water partition coefficient (Wildman–Crippen LogP) is 2.84. The number of nitrogens with one attached hydrogen (secondary N) is 2. The van der Waals surface area contributed by atoms with Crippen LogP contribution in [0.1, 0.15) is 19.3 Å². The first kappa shape index (κ1) is 26.8. The second-order valence-corrected chi connectivity index (χ2v) is 14.0. The molecule has 1 amide bonds. The normalized spacial score (nSPS) is 15.5. The van der Waals surface area contributed by atoms with Gasteiger partial charge < -0.3 is 0 Å². The molecule has 0 bridgehead atoms. The molecule has 6 nitrogen and oxygen atoms in total. The molecular formula is C30H39N4O2P. The van der Waals surface area contributed by atoms with E-state index in [1.54, 1.807) is 11.9 Å². The maximum atomic E-state index is 13.5. The summed E-state index contributed by atoms with van der Waals surface area (Å²) < 4.78 is 5.56. The second-order valence-electron chi connectivity index (χ2n) is 10.00. The molecule has 0 spiro atoms. The van der Waals surface area contributed by atoms with Crippen LogP contribution in [0.15, 0.2) is 91.0 Å². The minimum absolute atomic E-state index is 0.0250. The molecule has 7 heteroatoms. The number of carbonyl (C=O) groups excluding carboxylic acids is 1. The van der Waals surface area contributed by atoms with E-state index in [4.69, 9.17) is 15.9 Å². The van der Waals surface area contributed by atoms with Crippen LogP contribution in [-0.4, -0.2) is 56.3 Å². The number of rotatable bonds is 10. The van der Waals surface area contributed by atoms with Gasteiger partial charge in [-0.25, -0.2) is 0 Å². The predicted molar refractivity (Wildman–Crippen MR) is 156 cm³/mol. The molecule has 4 rings (SSSR count). The molecule has 3 aromatic rings. The average Bonchev–Trinajstić information content (AvgIpc) is 2.95. The van der Waals surface area contributed by atoms with Gasteiger partial charge in [0.2, 0.25) is 0 Å². The van der Waals surface area contributed by atoms with E-state index in [0.29, 0.717) is 39.1 Å². The topological polar surface area (TPSA) is 91.4 Å². The molecule has 0 saturated carbocycles. The SMILES string of the molecule is CN(CC1(C(=O)NCCC[PH](c2ccccc2)(c2ccccc2)c2ccccc2)CCOCC1)C(=N)N. The molecule has 0 radical (unpaired) electrons. The summed E-state index contributed by atoms with van der Waals surface area (Å²) in [6, 6.07) is 32.6. The van der Waals surface area contributed by atoms with Crippen LogP contribution in [0.3, 0.4) is 0 Å². The van der Waals surface area contributed by atoms with Crippen molar-refractivity contribution < 1.29 is 9.53 Å². The van der Waals surface area contributed by atoms with Gasteiger partial charge in [-0.1, -0.05) is 0 Å². The summed E-state index contributed by atoms with van der Waals surface area (Å²) >= 11 is 0. The number of amides is 1. The molecule has 3 aromatic carbocycles. The van der Waals surface area contributed by atoms with Crippen molar-refractivity contribution in [2.24, 2.45) is 11.1 Å². The third-order valence-corrected chi connectivity index (χ3v) is 12.8. The van der Waals surface area contributed by atoms with E-state index in [1.807, 2.05) is 0 Å². The number of ether oxygens (including phenoxy) is 1. The van der Waals surface area contributed by atoms with Gasteiger partial charge in [0.1, 0.15) is 0 Å². The summed E-state index contributed by atoms with van der Waals surface area (Å²) in [6.07, 6.45) is 3.11. The summed E-state index contributed by atoms with van der Waals surface area (Å²) in [6.45, 7) is 2.12. The Hall–Kier alpha value is -3.21. The van der Waals surface area contributed by atoms with Crippen molar-refractivity contribution in [1.82, 2.24) is 10.2 Å². The molecule has 37 heavy (non-hydrogen) atoms. The fourth-order valence-corrected chi connectivity index (χ4v) is 10.5. The molecule has 1 aliphatic rings. The Bertz CT molecular complexity index is 1060. The summed E-state index contributed by atoms with van der Waals surface area (Å²) in [7, 11) is -0.549. The average molecular weight is 519 g/mol. The van der Waals surface area contributed by atoms with E-state index in [2.05, 4.69) is 96.3 Å². The number of hydrogen-bond donors (Lipinski definition) is 3. The number of nitrogens with two attached hydrogens (primary N) is 1. The summed E-state index contributed by atoms with van der Waals surface area (Å²) in [5, 5.41) is 15.2. The van der Waals surface area contributed by atoms with E-state index in [-0.39, 0.29) is 11.9 Å². The quantitative estimate of drug-likeness (QED) is 0.167. The van der Waals surface area contributed by atoms with Crippen LogP contribution < -0.4 is 27.0 Å². The van der Waals surface area contributed by atoms with Gasteiger partial charge >= 0.3 is 221 Å². The molecule has 0 atom stereocenters. The minimum atomic E-state index is -2.32. The zero-order valence-corrected chi connectivity index (χ0v) is 22.7. The summed E-state index contributed by atoms with van der Waals surface area (Å²) in [4.78, 5) is 15.2. The number of carbonyl (C=O) groups is 1. The number of nitrogens with zero attached hydrogens (tertiary/aromatic N) is 1. The molecule has 1 heterocycles. The van der Waals surface area contributed by atoms with Gasteiger partial charge in [0.15, 0.2) is 0 Å². The molecule has 1 aliphatic heterocycles. The van der Waals surface area contributed by atoms with Crippen molar-refractivity contribution in [3.05, 3.63) is 91.0 Å². The molecule has 0 aromatic heterocycles. The Morgan fingerprint density at radius 1 is 0.919 bits per heavy atom. The zero-order chi connectivity index (χ0) is 26.1. The number of guanidine groups is 1. The first-order valence-corrected chi connectivity index (χ1v) is 15.3. The van der Waals surface area contributed by atoms with E-state index in [9.17, 15) is 4.79 Å². The Morgan fingerprint density at radius 3 is 1.81 bits per heavy atom. The second kappa shape index (κ2) is 12.4. The Kier molecular flexibility index (Phi) is 8.96. The van der Waals surface area contributed by atoms with Crippen molar-refractivity contribution >= 4 is 35.0 Å². The Balaban J connectivity index is 1.56. The van der Waals surface area contributed by atoms with Crippen LogP contribution in [0.5, 0.6) is 0 Å². The van der Waals surface area contributed by atoms with Crippen LogP contribution in [0.2, 0.25) is 0 Å². The fraction of sp³-hybridized carbons (Fsp3) is 0.333. The number of benzene rings is 3. The van der Waals surface area contributed by atoms with Gasteiger partial charge in [-0.15, -0.1) is 0 Å². The zero-order valence-electron chi connectivity index (χ0n) is 21.7. The molecule has 196 valence electrons. The van der Waals surface area contributed by atoms with E-state index >= 15 is 0 Å². The maximum absolute atomic E-state index is 13.5. The van der Waals surface area contributed by atoms with Crippen LogP contribution in [0.4, 0.5) is 0 Å². The van der Waals surface area contributed by atoms with Gasteiger partial charge in [-0.05, 0) is 0 Å². The van der Waals surface area contributed by atoms with Crippen molar-refractivity contribution in [3.63, 3.8) is 0 Å². The third kappa shape index (κ3) is 6.03. The van der Waals surface area contributed by atoms with E-state index in [0.717, 1.165) is 12.6 Å². The van der Waals surface area contributed by atoms with E-state index in [1.165, 1.54) is 15.9 Å². The molecule has 0 unspecified atom stereocenters. The van der Waals surface area contributed by atoms with Gasteiger partial charge in [-0.3, -0.25) is 0 Å². The summed E-state index contributed by atoms with van der Waals surface area (Å²) in [5.74, 6) is 0.0123. The molecule has 0 aliphatic carbocycles. The van der Waals surface area contributed by atoms with Crippen LogP contribution in [0, 0.1) is 10.8 Å².